The van der Waals surface area contributed by atoms with E-state index < -0.39 is 4.92 Å². The first-order valence-electron chi connectivity index (χ1n) is 8.87. The Hall–Kier alpha value is -2.70. The molecule has 0 bridgehead atoms. The number of aromatic nitrogens is 2. The van der Waals surface area contributed by atoms with Crippen LogP contribution in [0.1, 0.15) is 49.2 Å². The summed E-state index contributed by atoms with van der Waals surface area (Å²) in [6.45, 7) is 11.8. The zero-order chi connectivity index (χ0) is 19.4. The molecule has 0 radical (unpaired) electrons. The molecule has 2 rings (SSSR count). The van der Waals surface area contributed by atoms with Crippen LogP contribution >= 0.6 is 0 Å². The number of anilines is 3. The first kappa shape index (κ1) is 19.6. The van der Waals surface area contributed by atoms with Crippen LogP contribution in [0.2, 0.25) is 0 Å². The lowest BCUT2D eigenvalue weighted by atomic mass is 10.1. The maximum absolute atomic E-state index is 11.8. The Labute approximate surface area is 154 Å². The maximum atomic E-state index is 11.8. The molecule has 140 valence electrons. The van der Waals surface area contributed by atoms with Gasteiger partial charge in [0.05, 0.1) is 4.92 Å². The third-order valence-corrected chi connectivity index (χ3v) is 4.20. The number of nitro groups is 1. The SMILES string of the molecule is CCCC(C)Nc1nc(C)nc(Nc2c(C)cc(C)cc2C)c1[N+](=O)[O-]. The number of hydrogen-bond donors (Lipinski definition) is 2. The molecular formula is C19H27N5O2. The number of rotatable bonds is 7. The number of aryl methyl sites for hydroxylation is 4. The molecule has 0 aliphatic carbocycles. The summed E-state index contributed by atoms with van der Waals surface area (Å²) in [5.74, 6) is 0.948. The number of benzene rings is 1. The number of hydrogen-bond acceptors (Lipinski definition) is 6. The van der Waals surface area contributed by atoms with Gasteiger partial charge in [0.25, 0.3) is 0 Å². The van der Waals surface area contributed by atoms with Gasteiger partial charge in [-0.05, 0) is 52.2 Å². The van der Waals surface area contributed by atoms with Crippen molar-refractivity contribution in [3.05, 3.63) is 44.8 Å². The fourth-order valence-corrected chi connectivity index (χ4v) is 3.16. The molecule has 1 aromatic heterocycles. The molecule has 0 aliphatic rings. The highest BCUT2D eigenvalue weighted by molar-refractivity contribution is 5.76. The van der Waals surface area contributed by atoms with Crippen molar-refractivity contribution in [3.63, 3.8) is 0 Å². The monoisotopic (exact) mass is 357 g/mol. The molecule has 1 aromatic carbocycles. The van der Waals surface area contributed by atoms with Crippen LogP contribution in [0.15, 0.2) is 12.1 Å². The summed E-state index contributed by atoms with van der Waals surface area (Å²) in [6.07, 6.45) is 1.89. The highest BCUT2D eigenvalue weighted by Crippen LogP contribution is 2.34. The summed E-state index contributed by atoms with van der Waals surface area (Å²) in [5.41, 5.74) is 3.89. The van der Waals surface area contributed by atoms with Gasteiger partial charge in [0, 0.05) is 11.7 Å². The zero-order valence-electron chi connectivity index (χ0n) is 16.3. The van der Waals surface area contributed by atoms with Crippen LogP contribution in [0.4, 0.5) is 23.0 Å². The highest BCUT2D eigenvalue weighted by Gasteiger charge is 2.26. The molecular weight excluding hydrogens is 330 g/mol. The zero-order valence-corrected chi connectivity index (χ0v) is 16.3. The lowest BCUT2D eigenvalue weighted by Crippen LogP contribution is -2.18. The minimum atomic E-state index is -0.429. The molecule has 0 aliphatic heterocycles. The Morgan fingerprint density at radius 1 is 1.12 bits per heavy atom. The van der Waals surface area contributed by atoms with E-state index in [1.165, 1.54) is 0 Å². The Balaban J connectivity index is 2.51. The Bertz CT molecular complexity index is 797. The van der Waals surface area contributed by atoms with Gasteiger partial charge in [-0.3, -0.25) is 10.1 Å². The number of nitrogens with zero attached hydrogens (tertiary/aromatic N) is 3. The second-order valence-electron chi connectivity index (χ2n) is 6.81. The Morgan fingerprint density at radius 3 is 2.23 bits per heavy atom. The lowest BCUT2D eigenvalue weighted by Gasteiger charge is -2.17. The van der Waals surface area contributed by atoms with E-state index in [1.807, 2.05) is 39.8 Å². The van der Waals surface area contributed by atoms with E-state index in [9.17, 15) is 10.1 Å². The summed E-state index contributed by atoms with van der Waals surface area (Å²) < 4.78 is 0. The van der Waals surface area contributed by atoms with Gasteiger partial charge in [0.1, 0.15) is 5.82 Å². The van der Waals surface area contributed by atoms with Gasteiger partial charge >= 0.3 is 5.69 Å². The molecule has 1 unspecified atom stereocenters. The molecule has 0 amide bonds. The molecule has 7 heteroatoms. The largest absolute Gasteiger partial charge is 0.362 e. The fraction of sp³-hybridized carbons (Fsp3) is 0.474. The van der Waals surface area contributed by atoms with Crippen molar-refractivity contribution in [2.45, 2.75) is 60.4 Å². The molecule has 0 saturated heterocycles. The van der Waals surface area contributed by atoms with Crippen molar-refractivity contribution in [1.29, 1.82) is 0 Å². The second-order valence-corrected chi connectivity index (χ2v) is 6.81. The number of nitrogens with one attached hydrogen (secondary N) is 2. The van der Waals surface area contributed by atoms with E-state index in [-0.39, 0.29) is 23.4 Å². The molecule has 1 heterocycles. The summed E-state index contributed by atoms with van der Waals surface area (Å²) in [5, 5.41) is 18.1. The first-order chi connectivity index (χ1) is 12.2. The Morgan fingerprint density at radius 2 is 1.69 bits per heavy atom. The maximum Gasteiger partial charge on any atom is 0.353 e. The van der Waals surface area contributed by atoms with Gasteiger partial charge in [0.2, 0.25) is 11.6 Å². The van der Waals surface area contributed by atoms with E-state index in [4.69, 9.17) is 0 Å². The average Bonchev–Trinajstić information content (AvgIpc) is 2.50. The van der Waals surface area contributed by atoms with Gasteiger partial charge in [-0.1, -0.05) is 31.0 Å². The molecule has 1 atom stereocenters. The van der Waals surface area contributed by atoms with Gasteiger partial charge in [-0.2, -0.15) is 0 Å². The summed E-state index contributed by atoms with van der Waals surface area (Å²) in [4.78, 5) is 19.9. The summed E-state index contributed by atoms with van der Waals surface area (Å²) in [7, 11) is 0. The molecule has 0 saturated carbocycles. The van der Waals surface area contributed by atoms with Gasteiger partial charge in [0.15, 0.2) is 0 Å². The van der Waals surface area contributed by atoms with E-state index in [0.29, 0.717) is 5.82 Å². The predicted molar refractivity (Wildman–Crippen MR) is 105 cm³/mol. The van der Waals surface area contributed by atoms with Gasteiger partial charge in [-0.25, -0.2) is 9.97 Å². The van der Waals surface area contributed by atoms with Crippen molar-refractivity contribution in [1.82, 2.24) is 9.97 Å². The molecule has 2 aromatic rings. The van der Waals surface area contributed by atoms with Crippen molar-refractivity contribution >= 4 is 23.0 Å². The standard InChI is InChI=1S/C19H27N5O2/c1-7-8-14(5)20-18-17(24(25)26)19(22-15(6)21-18)23-16-12(3)9-11(2)10-13(16)4/h9-10,14H,7-8H2,1-6H3,(H2,20,21,22,23). The van der Waals surface area contributed by atoms with Crippen molar-refractivity contribution < 1.29 is 4.92 Å². The third-order valence-electron chi connectivity index (χ3n) is 4.20. The topological polar surface area (TPSA) is 93.0 Å². The normalized spacial score (nSPS) is 11.9. The quantitative estimate of drug-likeness (QED) is 0.537. The van der Waals surface area contributed by atoms with Crippen LogP contribution in [0, 0.1) is 37.8 Å². The van der Waals surface area contributed by atoms with E-state index in [0.717, 1.165) is 35.2 Å². The molecule has 26 heavy (non-hydrogen) atoms. The molecule has 2 N–H and O–H groups in total. The van der Waals surface area contributed by atoms with Crippen LogP contribution in [-0.2, 0) is 0 Å². The minimum absolute atomic E-state index is 0.0868. The first-order valence-corrected chi connectivity index (χ1v) is 8.87. The van der Waals surface area contributed by atoms with Crippen molar-refractivity contribution in [2.24, 2.45) is 0 Å². The van der Waals surface area contributed by atoms with Crippen LogP contribution in [0.3, 0.4) is 0 Å². The second kappa shape index (κ2) is 8.12. The van der Waals surface area contributed by atoms with Crippen LogP contribution in [0.25, 0.3) is 0 Å². The van der Waals surface area contributed by atoms with Gasteiger partial charge < -0.3 is 10.6 Å². The molecule has 0 fully saturated rings. The minimum Gasteiger partial charge on any atom is -0.362 e. The smallest absolute Gasteiger partial charge is 0.353 e. The summed E-state index contributed by atoms with van der Waals surface area (Å²) >= 11 is 0. The predicted octanol–water partition coefficient (Wildman–Crippen LogP) is 4.96. The molecule has 7 nitrogen and oxygen atoms in total. The van der Waals surface area contributed by atoms with E-state index in [1.54, 1.807) is 6.92 Å². The fourth-order valence-electron chi connectivity index (χ4n) is 3.16. The molecule has 0 spiro atoms. The summed E-state index contributed by atoms with van der Waals surface area (Å²) in [6, 6.07) is 4.17. The van der Waals surface area contributed by atoms with Crippen LogP contribution in [-0.4, -0.2) is 20.9 Å². The van der Waals surface area contributed by atoms with Crippen molar-refractivity contribution in [3.8, 4) is 0 Å². The lowest BCUT2D eigenvalue weighted by molar-refractivity contribution is -0.383. The third kappa shape index (κ3) is 4.47. The average molecular weight is 357 g/mol. The van der Waals surface area contributed by atoms with Crippen LogP contribution < -0.4 is 10.6 Å². The Kier molecular flexibility index (Phi) is 6.13. The highest BCUT2D eigenvalue weighted by atomic mass is 16.6. The van der Waals surface area contributed by atoms with Crippen LogP contribution in [0.5, 0.6) is 0 Å². The van der Waals surface area contributed by atoms with E-state index in [2.05, 4.69) is 27.5 Å². The van der Waals surface area contributed by atoms with Gasteiger partial charge in [-0.15, -0.1) is 0 Å². The van der Waals surface area contributed by atoms with E-state index >= 15 is 0 Å². The van der Waals surface area contributed by atoms with Crippen molar-refractivity contribution in [2.75, 3.05) is 10.6 Å².